The number of carbonyl (C=O) groups excluding carboxylic acids is 1. The molecule has 0 atom stereocenters. The van der Waals surface area contributed by atoms with Gasteiger partial charge in [0.05, 0.1) is 0 Å². The number of carboxylic acid groups (broad SMARTS) is 2. The molecule has 0 aromatic heterocycles. The molecule has 0 unspecified atom stereocenters. The van der Waals surface area contributed by atoms with Gasteiger partial charge in [-0.25, -0.2) is 0 Å². The lowest BCUT2D eigenvalue weighted by molar-refractivity contribution is -0.156. The first-order chi connectivity index (χ1) is 7.91. The molecule has 5 heteroatoms. The Morgan fingerprint density at radius 1 is 1.06 bits per heavy atom. The van der Waals surface area contributed by atoms with E-state index in [9.17, 15) is 14.4 Å². The number of Topliss-reactive ketones (excluding diaryl/α,β-unsaturated/α-hetero) is 1. The average Bonchev–Trinajstić information content (AvgIpc) is 2.25. The summed E-state index contributed by atoms with van der Waals surface area (Å²) in [6.07, 6.45) is 3.05. The third kappa shape index (κ3) is 3.84. The average molecular weight is 242 g/mol. The molecule has 2 N–H and O–H groups in total. The van der Waals surface area contributed by atoms with Gasteiger partial charge in [0.1, 0.15) is 5.78 Å². The van der Waals surface area contributed by atoms with Crippen molar-refractivity contribution in [3.05, 3.63) is 0 Å². The first-order valence-corrected chi connectivity index (χ1v) is 5.90. The second-order valence-electron chi connectivity index (χ2n) is 4.86. The van der Waals surface area contributed by atoms with Crippen LogP contribution >= 0.6 is 0 Å². The number of ketones is 1. The second kappa shape index (κ2) is 5.80. The van der Waals surface area contributed by atoms with E-state index in [1.807, 2.05) is 0 Å². The smallest absolute Gasteiger partial charge is 0.318 e. The van der Waals surface area contributed by atoms with Crippen molar-refractivity contribution in [2.45, 2.75) is 39.0 Å². The molecule has 1 aliphatic carbocycles. The highest BCUT2D eigenvalue weighted by atomic mass is 16.4. The summed E-state index contributed by atoms with van der Waals surface area (Å²) >= 11 is 0. The highest BCUT2D eigenvalue weighted by Gasteiger charge is 2.32. The molecule has 0 bridgehead atoms. The van der Waals surface area contributed by atoms with E-state index < -0.39 is 17.9 Å². The normalized spacial score (nSPS) is 24.6. The zero-order valence-electron chi connectivity index (χ0n) is 9.89. The molecule has 0 aromatic rings. The Bertz CT molecular complexity index is 301. The number of rotatable bonds is 5. The molecule has 5 nitrogen and oxygen atoms in total. The van der Waals surface area contributed by atoms with Gasteiger partial charge in [0.25, 0.3) is 0 Å². The number of hydrogen-bond donors (Lipinski definition) is 2. The molecule has 1 fully saturated rings. The van der Waals surface area contributed by atoms with Crippen LogP contribution < -0.4 is 0 Å². The van der Waals surface area contributed by atoms with Crippen molar-refractivity contribution in [1.29, 1.82) is 0 Å². The van der Waals surface area contributed by atoms with Crippen LogP contribution in [0.2, 0.25) is 0 Å². The van der Waals surface area contributed by atoms with E-state index in [1.165, 1.54) is 0 Å². The van der Waals surface area contributed by atoms with Crippen LogP contribution in [-0.4, -0.2) is 27.9 Å². The molecule has 1 rings (SSSR count). The fourth-order valence-corrected chi connectivity index (χ4v) is 2.23. The summed E-state index contributed by atoms with van der Waals surface area (Å²) in [6.45, 7) is 2.12. The van der Waals surface area contributed by atoms with Gasteiger partial charge in [0.2, 0.25) is 0 Å². The summed E-state index contributed by atoms with van der Waals surface area (Å²) in [5.41, 5.74) is 0. The third-order valence-electron chi connectivity index (χ3n) is 3.47. The van der Waals surface area contributed by atoms with Crippen molar-refractivity contribution in [2.75, 3.05) is 0 Å². The highest BCUT2D eigenvalue weighted by Crippen LogP contribution is 2.30. The quantitative estimate of drug-likeness (QED) is 0.714. The largest absolute Gasteiger partial charge is 0.481 e. The molecule has 0 amide bonds. The summed E-state index contributed by atoms with van der Waals surface area (Å²) in [4.78, 5) is 33.2. The Balaban J connectivity index is 2.53. The summed E-state index contributed by atoms with van der Waals surface area (Å²) in [7, 11) is 0. The van der Waals surface area contributed by atoms with Gasteiger partial charge in [-0.1, -0.05) is 19.8 Å². The molecule has 0 aliphatic heterocycles. The van der Waals surface area contributed by atoms with Gasteiger partial charge in [-0.05, 0) is 18.8 Å². The highest BCUT2D eigenvalue weighted by molar-refractivity contribution is 5.98. The van der Waals surface area contributed by atoms with Crippen LogP contribution in [0.25, 0.3) is 0 Å². The maximum Gasteiger partial charge on any atom is 0.318 e. The van der Waals surface area contributed by atoms with Crippen LogP contribution in [0, 0.1) is 17.8 Å². The Morgan fingerprint density at radius 2 is 1.53 bits per heavy atom. The Kier molecular flexibility index (Phi) is 4.66. The van der Waals surface area contributed by atoms with Crippen molar-refractivity contribution in [2.24, 2.45) is 17.8 Å². The Labute approximate surface area is 99.8 Å². The van der Waals surface area contributed by atoms with E-state index in [0.717, 1.165) is 25.7 Å². The SMILES string of the molecule is C[C@H]1CC[C@H](C(=O)CC(C(=O)O)C(=O)O)CC1. The molecule has 1 saturated carbocycles. The van der Waals surface area contributed by atoms with Crippen LogP contribution in [0.15, 0.2) is 0 Å². The maximum absolute atomic E-state index is 11.8. The number of aliphatic carboxylic acids is 2. The van der Waals surface area contributed by atoms with E-state index in [-0.39, 0.29) is 18.1 Å². The van der Waals surface area contributed by atoms with Crippen molar-refractivity contribution >= 4 is 17.7 Å². The molecular formula is C12H18O5. The fourth-order valence-electron chi connectivity index (χ4n) is 2.23. The van der Waals surface area contributed by atoms with Crippen molar-refractivity contribution < 1.29 is 24.6 Å². The molecular weight excluding hydrogens is 224 g/mol. The van der Waals surface area contributed by atoms with E-state index in [4.69, 9.17) is 10.2 Å². The number of carbonyl (C=O) groups is 3. The molecule has 0 saturated heterocycles. The fraction of sp³-hybridized carbons (Fsp3) is 0.750. The minimum Gasteiger partial charge on any atom is -0.481 e. The van der Waals surface area contributed by atoms with Gasteiger partial charge in [0.15, 0.2) is 5.92 Å². The maximum atomic E-state index is 11.8. The van der Waals surface area contributed by atoms with Crippen LogP contribution in [0.4, 0.5) is 0 Å². The zero-order chi connectivity index (χ0) is 13.0. The van der Waals surface area contributed by atoms with Crippen LogP contribution in [0.3, 0.4) is 0 Å². The van der Waals surface area contributed by atoms with Gasteiger partial charge in [-0.2, -0.15) is 0 Å². The van der Waals surface area contributed by atoms with E-state index >= 15 is 0 Å². The van der Waals surface area contributed by atoms with Crippen molar-refractivity contribution in [1.82, 2.24) is 0 Å². The number of hydrogen-bond acceptors (Lipinski definition) is 3. The first-order valence-electron chi connectivity index (χ1n) is 5.90. The van der Waals surface area contributed by atoms with Crippen molar-refractivity contribution in [3.8, 4) is 0 Å². The summed E-state index contributed by atoms with van der Waals surface area (Å²) in [5.74, 6) is -4.22. The lowest BCUT2D eigenvalue weighted by atomic mass is 9.79. The monoisotopic (exact) mass is 242 g/mol. The molecule has 96 valence electrons. The lowest BCUT2D eigenvalue weighted by Gasteiger charge is -2.25. The topological polar surface area (TPSA) is 91.7 Å². The number of carboxylic acids is 2. The van der Waals surface area contributed by atoms with Gasteiger partial charge in [0, 0.05) is 12.3 Å². The van der Waals surface area contributed by atoms with Gasteiger partial charge in [-0.3, -0.25) is 14.4 Å². The van der Waals surface area contributed by atoms with Gasteiger partial charge >= 0.3 is 11.9 Å². The Morgan fingerprint density at radius 3 is 1.94 bits per heavy atom. The van der Waals surface area contributed by atoms with Crippen LogP contribution in [0.5, 0.6) is 0 Å². The van der Waals surface area contributed by atoms with E-state index in [1.54, 1.807) is 0 Å². The molecule has 0 aromatic carbocycles. The standard InChI is InChI=1S/C12H18O5/c1-7-2-4-8(5-3-7)10(13)6-9(11(14)15)12(16)17/h7-9H,2-6H2,1H3,(H,14,15)(H,16,17)/t7-,8-. The molecule has 0 heterocycles. The Hall–Kier alpha value is -1.39. The van der Waals surface area contributed by atoms with E-state index in [0.29, 0.717) is 5.92 Å². The van der Waals surface area contributed by atoms with Crippen LogP contribution in [-0.2, 0) is 14.4 Å². The summed E-state index contributed by atoms with van der Waals surface area (Å²) in [6, 6.07) is 0. The minimum absolute atomic E-state index is 0.146. The molecule has 0 radical (unpaired) electrons. The van der Waals surface area contributed by atoms with Crippen molar-refractivity contribution in [3.63, 3.8) is 0 Å². The zero-order valence-corrected chi connectivity index (χ0v) is 9.89. The lowest BCUT2D eigenvalue weighted by Crippen LogP contribution is -2.30. The molecule has 0 spiro atoms. The van der Waals surface area contributed by atoms with E-state index in [2.05, 4.69) is 6.92 Å². The van der Waals surface area contributed by atoms with Gasteiger partial charge in [-0.15, -0.1) is 0 Å². The molecule has 1 aliphatic rings. The van der Waals surface area contributed by atoms with Crippen LogP contribution in [0.1, 0.15) is 39.0 Å². The third-order valence-corrected chi connectivity index (χ3v) is 3.47. The minimum atomic E-state index is -1.60. The second-order valence-corrected chi connectivity index (χ2v) is 4.86. The summed E-state index contributed by atoms with van der Waals surface area (Å²) < 4.78 is 0. The molecule has 17 heavy (non-hydrogen) atoms. The predicted octanol–water partition coefficient (Wildman–Crippen LogP) is 1.56. The first kappa shape index (κ1) is 13.7. The summed E-state index contributed by atoms with van der Waals surface area (Å²) in [5, 5.41) is 17.4. The van der Waals surface area contributed by atoms with Gasteiger partial charge < -0.3 is 10.2 Å². The predicted molar refractivity (Wildman–Crippen MR) is 59.5 cm³/mol.